The van der Waals surface area contributed by atoms with E-state index in [9.17, 15) is 64.6 Å². The number of β-amino-alcohol motifs (C(OH)–C–C–N with tert-alkyl or cyclic N) is 2. The molecule has 0 bridgehead atoms. The van der Waals surface area contributed by atoms with Crippen LogP contribution in [0.2, 0.25) is 6.82 Å². The molecule has 4 saturated heterocycles. The van der Waals surface area contributed by atoms with Crippen LogP contribution in [0, 0.1) is 0 Å². The number of amides is 4. The minimum Gasteiger partial charge on any atom is -0.449 e. The van der Waals surface area contributed by atoms with Crippen LogP contribution in [0.15, 0.2) is 9.98 Å². The number of nitrogens with zero attached hydrogens (tertiary/aromatic N) is 6. The van der Waals surface area contributed by atoms with Crippen LogP contribution in [0.5, 0.6) is 0 Å². The Morgan fingerprint density at radius 1 is 0.500 bits per heavy atom. The van der Waals surface area contributed by atoms with Crippen molar-refractivity contribution in [1.82, 2.24) is 19.6 Å². The van der Waals surface area contributed by atoms with Crippen molar-refractivity contribution in [3.8, 4) is 0 Å². The molecule has 4 amide bonds. The van der Waals surface area contributed by atoms with Gasteiger partial charge in [-0.1, -0.05) is 19.7 Å². The van der Waals surface area contributed by atoms with E-state index in [-0.39, 0.29) is 61.0 Å². The predicted molar refractivity (Wildman–Crippen MR) is 284 cm³/mol. The number of likely N-dealkylation sites (tertiary alicyclic amines) is 4. The van der Waals surface area contributed by atoms with Gasteiger partial charge in [0, 0.05) is 45.2 Å². The highest BCUT2D eigenvalue weighted by Crippen LogP contribution is 2.23. The second-order valence-electron chi connectivity index (χ2n) is 19.3. The number of hydrogen-bond donors (Lipinski definition) is 19. The van der Waals surface area contributed by atoms with Crippen LogP contribution in [0.1, 0.15) is 103 Å². The molecule has 74 heavy (non-hydrogen) atoms. The lowest BCUT2D eigenvalue weighted by Crippen LogP contribution is -2.51. The zero-order valence-corrected chi connectivity index (χ0v) is 43.2. The summed E-state index contributed by atoms with van der Waals surface area (Å²) in [6, 6.07) is -2.56. The van der Waals surface area contributed by atoms with Crippen LogP contribution in [0.3, 0.4) is 0 Å². The number of aliphatic hydroxyl groups excluding tert-OH is 2. The Morgan fingerprint density at radius 2 is 0.811 bits per heavy atom. The molecule has 0 aromatic heterocycles. The molecule has 0 radical (unpaired) electrons. The van der Waals surface area contributed by atoms with Crippen LogP contribution in [0.4, 0.5) is 0 Å². The third kappa shape index (κ3) is 24.4. The second-order valence-corrected chi connectivity index (χ2v) is 19.3. The van der Waals surface area contributed by atoms with E-state index in [1.807, 2.05) is 0 Å². The molecule has 29 N–H and O–H groups in total. The van der Waals surface area contributed by atoms with E-state index in [1.54, 1.807) is 6.82 Å². The van der Waals surface area contributed by atoms with Crippen molar-refractivity contribution in [2.24, 2.45) is 67.3 Å². The maximum absolute atomic E-state index is 12.2. The van der Waals surface area contributed by atoms with Gasteiger partial charge in [-0.05, 0) is 103 Å². The predicted octanol–water partition coefficient (Wildman–Crippen LogP) is -9.29. The second kappa shape index (κ2) is 36.2. The third-order valence-electron chi connectivity index (χ3n) is 13.1. The fourth-order valence-electron chi connectivity index (χ4n) is 9.09. The first-order valence-electron chi connectivity index (χ1n) is 25.7. The van der Waals surface area contributed by atoms with Gasteiger partial charge in [-0.25, -0.2) is 0 Å². The molecule has 10 atom stereocenters. The van der Waals surface area contributed by atoms with Gasteiger partial charge in [0.1, 0.15) is 0 Å². The van der Waals surface area contributed by atoms with Gasteiger partial charge in [-0.3, -0.25) is 29.2 Å². The van der Waals surface area contributed by atoms with Crippen LogP contribution >= 0.6 is 0 Å². The summed E-state index contributed by atoms with van der Waals surface area (Å²) < 4.78 is 0. The van der Waals surface area contributed by atoms with Crippen molar-refractivity contribution in [1.29, 1.82) is 0 Å². The molecule has 4 aliphatic rings. The molecular weight excluding hydrogens is 968 g/mol. The molecule has 0 aliphatic carbocycles. The first-order chi connectivity index (χ1) is 34.8. The number of rotatable bonds is 24. The molecule has 4 heterocycles. The van der Waals surface area contributed by atoms with Gasteiger partial charge in [-0.15, -0.1) is 0 Å². The fraction of sp³-hybridized carbons (Fsp3) is 0.854. The summed E-state index contributed by atoms with van der Waals surface area (Å²) in [6.07, 6.45) is 8.44. The molecule has 4 unspecified atom stereocenters. The summed E-state index contributed by atoms with van der Waals surface area (Å²) in [5, 5.41) is 83.9. The standard InChI is InChI=1S/C11H24BN5O3.C10H22BN5O3.C10H22BN3O4.C10H22BN3O3/c1-12(20)9-5-7(18)6-17(9)10(19)8(13)3-2-4-16-11(14)15;12-7(3-1-5-15-10(13)14)9(17)16-6-2-4-8(16)11(18)19;12-4-2-1-3-8(13)10(16)14-6-7(15)5-9(14)11(17)18;12-6-2-1-4-8(13)10(15)14-7-3-5-9(14)11(16)17/h7-9,18,20H,2-6,13H2,1H3,(H4,14,15,16);7-8,18-19H,1-6,12H2,(H4,13,14,15);7-9,15,17-18H,1-6,12-13H2;8-9,16-17H,1-7,12-13H2/t7-,8?,9-;7?,8-;7-,8?,9-;8?,9-/m0000/s1. The molecule has 0 saturated carbocycles. The van der Waals surface area contributed by atoms with E-state index in [4.69, 9.17) is 57.3 Å². The number of carbonyl (C=O) groups is 4. The monoisotopic (exact) mass is 1060 g/mol. The summed E-state index contributed by atoms with van der Waals surface area (Å²) in [5.74, 6) is -3.19. The highest BCUT2D eigenvalue weighted by Gasteiger charge is 2.43. The molecule has 4 aliphatic heterocycles. The van der Waals surface area contributed by atoms with Gasteiger partial charge in [0.2, 0.25) is 23.6 Å². The van der Waals surface area contributed by atoms with Crippen LogP contribution in [-0.2, 0) is 19.2 Å². The quantitative estimate of drug-likeness (QED) is 0.0185. The lowest BCUT2D eigenvalue weighted by molar-refractivity contribution is -0.133. The topological polar surface area (TPSA) is 548 Å². The van der Waals surface area contributed by atoms with Gasteiger partial charge >= 0.3 is 28.3 Å². The van der Waals surface area contributed by atoms with Gasteiger partial charge < -0.3 is 122 Å². The van der Waals surface area contributed by atoms with Gasteiger partial charge in [0.15, 0.2) is 11.9 Å². The number of hydrogen-bond acceptors (Lipinski definition) is 21. The van der Waals surface area contributed by atoms with Crippen LogP contribution < -0.4 is 57.3 Å². The molecule has 424 valence electrons. The van der Waals surface area contributed by atoms with Crippen molar-refractivity contribution in [2.75, 3.05) is 52.4 Å². The molecular formula is C41H90B4N16O13. The van der Waals surface area contributed by atoms with E-state index < -0.39 is 82.5 Å². The summed E-state index contributed by atoms with van der Waals surface area (Å²) in [7, 11) is -4.64. The summed E-state index contributed by atoms with van der Waals surface area (Å²) in [4.78, 5) is 61.7. The summed E-state index contributed by atoms with van der Waals surface area (Å²) in [6.45, 7) is 4.32. The Bertz CT molecular complexity index is 1700. The molecule has 0 aromatic carbocycles. The minimum absolute atomic E-state index is 0.0155. The average molecular weight is 1060 g/mol. The van der Waals surface area contributed by atoms with Crippen molar-refractivity contribution in [3.05, 3.63) is 0 Å². The first-order valence-corrected chi connectivity index (χ1v) is 25.7. The van der Waals surface area contributed by atoms with Crippen molar-refractivity contribution in [2.45, 2.75) is 170 Å². The van der Waals surface area contributed by atoms with Crippen molar-refractivity contribution < 1.29 is 64.6 Å². The van der Waals surface area contributed by atoms with E-state index in [0.717, 1.165) is 38.5 Å². The highest BCUT2D eigenvalue weighted by molar-refractivity contribution is 6.51. The molecule has 0 aromatic rings. The number of aliphatic imine (C=N–C) groups is 2. The smallest absolute Gasteiger partial charge is 0.449 e. The maximum atomic E-state index is 12.2. The molecule has 0 spiro atoms. The number of unbranched alkanes of at least 4 members (excludes halogenated alkanes) is 2. The average Bonchev–Trinajstić information content (AvgIpc) is 4.18. The van der Waals surface area contributed by atoms with E-state index in [0.29, 0.717) is 97.1 Å². The van der Waals surface area contributed by atoms with Crippen molar-refractivity contribution in [3.63, 3.8) is 0 Å². The Balaban J connectivity index is 0.000000494. The number of carbonyl (C=O) groups excluding carboxylic acids is 4. The normalized spacial score (nSPS) is 22.6. The minimum atomic E-state index is -1.65. The van der Waals surface area contributed by atoms with E-state index in [2.05, 4.69) is 9.98 Å². The largest absolute Gasteiger partial charge is 0.475 e. The zero-order chi connectivity index (χ0) is 56.2. The van der Waals surface area contributed by atoms with Gasteiger partial charge in [-0.2, -0.15) is 0 Å². The Labute approximate surface area is 436 Å². The van der Waals surface area contributed by atoms with Crippen molar-refractivity contribution >= 4 is 63.8 Å². The molecule has 4 fully saturated rings. The number of nitrogens with two attached hydrogens (primary N) is 10. The Morgan fingerprint density at radius 3 is 1.12 bits per heavy atom. The SMILES string of the molecule is CB(O)[C@@H]1C[C@H](O)CN1C(=O)C(N)CCCN=C(N)N.NC(N)=NCCCC(N)C(=O)N1CCC[C@H]1B(O)O.NCCCCC(N)C(=O)N1CCC[C@H]1B(O)O.NCCCCC(N)C(=O)N1C[C@@H](O)C[C@H]1B(O)O. The third-order valence-corrected chi connectivity index (χ3v) is 13.1. The maximum Gasteiger partial charge on any atom is 0.475 e. The van der Waals surface area contributed by atoms with Crippen LogP contribution in [0.25, 0.3) is 0 Å². The van der Waals surface area contributed by atoms with E-state index in [1.165, 1.54) is 19.6 Å². The van der Waals surface area contributed by atoms with E-state index >= 15 is 0 Å². The Kier molecular flexibility index (Phi) is 33.3. The Hall–Kier alpha value is -3.92. The van der Waals surface area contributed by atoms with Gasteiger partial charge in [0.25, 0.3) is 0 Å². The highest BCUT2D eigenvalue weighted by atomic mass is 16.4. The number of guanidine groups is 2. The van der Waals surface area contributed by atoms with Gasteiger partial charge in [0.05, 0.1) is 54.2 Å². The zero-order valence-electron chi connectivity index (χ0n) is 43.2. The summed E-state index contributed by atoms with van der Waals surface area (Å²) >= 11 is 0. The lowest BCUT2D eigenvalue weighted by Gasteiger charge is -2.27. The number of aliphatic hydroxyl groups is 2. The fourth-order valence-corrected chi connectivity index (χ4v) is 9.09. The summed E-state index contributed by atoms with van der Waals surface area (Å²) in [5.41, 5.74) is 54.7. The van der Waals surface area contributed by atoms with Crippen LogP contribution in [-0.4, -0.2) is 241 Å². The molecule has 33 heteroatoms. The lowest BCUT2D eigenvalue weighted by atomic mass is 9.62. The first kappa shape index (κ1) is 68.1. The molecule has 29 nitrogen and oxygen atoms in total. The molecule has 4 rings (SSSR count).